The van der Waals surface area contributed by atoms with Crippen molar-refractivity contribution >= 4 is 0 Å². The van der Waals surface area contributed by atoms with Gasteiger partial charge in [-0.15, -0.1) is 0 Å². The van der Waals surface area contributed by atoms with Gasteiger partial charge in [0.1, 0.15) is 5.75 Å². The summed E-state index contributed by atoms with van der Waals surface area (Å²) in [4.78, 5) is 4.76. The van der Waals surface area contributed by atoms with Gasteiger partial charge in [0.05, 0.1) is 34.5 Å². The van der Waals surface area contributed by atoms with E-state index < -0.39 is 0 Å². The highest BCUT2D eigenvalue weighted by Gasteiger charge is 2.35. The molecule has 234 valence electrons. The molecular weight excluding hydrogens is 568 g/mol. The molecule has 0 saturated heterocycles. The molecule has 0 aromatic heterocycles. The van der Waals surface area contributed by atoms with Crippen molar-refractivity contribution in [2.24, 2.45) is 0 Å². The molecule has 8 heteroatoms. The minimum absolute atomic E-state index is 0.153. The minimum Gasteiger partial charge on any atom is -0.493 e. The van der Waals surface area contributed by atoms with Crippen molar-refractivity contribution in [1.82, 2.24) is 9.80 Å². The molecule has 5 heterocycles. The summed E-state index contributed by atoms with van der Waals surface area (Å²) in [5.41, 5.74) is 6.97. The fourth-order valence-electron chi connectivity index (χ4n) is 7.14. The summed E-state index contributed by atoms with van der Waals surface area (Å²) in [6, 6.07) is 21.0. The first-order valence-corrected chi connectivity index (χ1v) is 15.4. The molecule has 0 fully saturated rings. The number of nitrogens with zero attached hydrogens (tertiary/aromatic N) is 2. The Morgan fingerprint density at radius 3 is 2.11 bits per heavy atom. The maximum atomic E-state index is 6.98. The van der Waals surface area contributed by atoms with Crippen LogP contribution >= 0.6 is 0 Å². The van der Waals surface area contributed by atoms with E-state index in [0.717, 1.165) is 54.8 Å². The van der Waals surface area contributed by atoms with Crippen LogP contribution in [0, 0.1) is 0 Å². The molecule has 2 unspecified atom stereocenters. The summed E-state index contributed by atoms with van der Waals surface area (Å²) < 4.78 is 37.1. The fourth-order valence-corrected chi connectivity index (χ4v) is 7.14. The van der Waals surface area contributed by atoms with Gasteiger partial charge in [0, 0.05) is 24.7 Å². The van der Waals surface area contributed by atoms with E-state index in [4.69, 9.17) is 28.4 Å². The Bertz CT molecular complexity index is 1740. The summed E-state index contributed by atoms with van der Waals surface area (Å²) in [6.45, 7) is 1.80. The van der Waals surface area contributed by atoms with Crippen molar-refractivity contribution < 1.29 is 28.4 Å². The second-order valence-corrected chi connectivity index (χ2v) is 12.1. The lowest BCUT2D eigenvalue weighted by Crippen LogP contribution is -2.33. The van der Waals surface area contributed by atoms with Crippen molar-refractivity contribution in [3.8, 4) is 46.0 Å². The van der Waals surface area contributed by atoms with Gasteiger partial charge in [-0.1, -0.05) is 18.2 Å². The Hall–Kier alpha value is -4.40. The highest BCUT2D eigenvalue weighted by molar-refractivity contribution is 5.65. The van der Waals surface area contributed by atoms with Crippen molar-refractivity contribution in [1.29, 1.82) is 0 Å². The van der Waals surface area contributed by atoms with Gasteiger partial charge in [0.2, 0.25) is 5.75 Å². The zero-order valence-electron chi connectivity index (χ0n) is 26.8. The number of benzene rings is 4. The van der Waals surface area contributed by atoms with Crippen molar-refractivity contribution in [3.63, 3.8) is 0 Å². The predicted octanol–water partition coefficient (Wildman–Crippen LogP) is 6.97. The van der Waals surface area contributed by atoms with Crippen LogP contribution in [-0.2, 0) is 19.3 Å². The monoisotopic (exact) mass is 608 g/mol. The number of ether oxygens (including phenoxy) is 6. The third-order valence-electron chi connectivity index (χ3n) is 9.54. The maximum Gasteiger partial charge on any atom is 0.204 e. The molecule has 0 spiro atoms. The summed E-state index contributed by atoms with van der Waals surface area (Å²) in [5.74, 6) is 5.23. The normalized spacial score (nSPS) is 19.1. The SMILES string of the molecule is COc1ccc2cc1Oc1ccc(cc1)CC1c3cc(OC)c(cc3CCN1C)Oc1c(OC)c(OC)cc3c1C2N(C)CC3. The number of likely N-dealkylation sites (N-methyl/N-ethyl adjacent to an activating group) is 2. The summed E-state index contributed by atoms with van der Waals surface area (Å²) in [7, 11) is 11.0. The van der Waals surface area contributed by atoms with Gasteiger partial charge in [0.15, 0.2) is 34.5 Å². The first kappa shape index (κ1) is 29.3. The minimum atomic E-state index is -0.153. The Balaban J connectivity index is 1.51. The topological polar surface area (TPSA) is 61.9 Å². The number of methoxy groups -OCH3 is 4. The van der Waals surface area contributed by atoms with E-state index in [0.29, 0.717) is 40.2 Å². The fraction of sp³-hybridized carbons (Fsp3) is 0.351. The third-order valence-corrected chi connectivity index (χ3v) is 9.54. The van der Waals surface area contributed by atoms with Gasteiger partial charge in [-0.05, 0) is 104 Å². The molecule has 8 nitrogen and oxygen atoms in total. The van der Waals surface area contributed by atoms with Gasteiger partial charge in [-0.3, -0.25) is 9.80 Å². The van der Waals surface area contributed by atoms with Gasteiger partial charge >= 0.3 is 0 Å². The first-order chi connectivity index (χ1) is 21.9. The van der Waals surface area contributed by atoms with Crippen LogP contribution in [0.5, 0.6) is 46.0 Å². The molecule has 0 amide bonds. The van der Waals surface area contributed by atoms with E-state index in [-0.39, 0.29) is 12.1 Å². The number of hydrogen-bond donors (Lipinski definition) is 0. The molecule has 8 bridgehead atoms. The Labute approximate surface area is 265 Å². The van der Waals surface area contributed by atoms with Gasteiger partial charge < -0.3 is 28.4 Å². The molecule has 2 atom stereocenters. The van der Waals surface area contributed by atoms with E-state index >= 15 is 0 Å². The zero-order chi connectivity index (χ0) is 31.2. The molecule has 9 rings (SSSR count). The van der Waals surface area contributed by atoms with Gasteiger partial charge in [-0.25, -0.2) is 0 Å². The molecule has 5 aliphatic heterocycles. The molecular formula is C37H40N2O6. The molecule has 4 aromatic carbocycles. The van der Waals surface area contributed by atoms with Gasteiger partial charge in [0.25, 0.3) is 0 Å². The largest absolute Gasteiger partial charge is 0.493 e. The Morgan fingerprint density at radius 2 is 1.38 bits per heavy atom. The van der Waals surface area contributed by atoms with E-state index in [2.05, 4.69) is 66.4 Å². The summed E-state index contributed by atoms with van der Waals surface area (Å²) >= 11 is 0. The van der Waals surface area contributed by atoms with Crippen LogP contribution in [0.15, 0.2) is 60.7 Å². The molecule has 0 N–H and O–H groups in total. The Kier molecular flexibility index (Phi) is 7.71. The van der Waals surface area contributed by atoms with Crippen LogP contribution in [0.3, 0.4) is 0 Å². The van der Waals surface area contributed by atoms with Crippen molar-refractivity contribution in [2.45, 2.75) is 31.3 Å². The number of hydrogen-bond acceptors (Lipinski definition) is 8. The van der Waals surface area contributed by atoms with Crippen LogP contribution in [-0.4, -0.2) is 65.4 Å². The van der Waals surface area contributed by atoms with Crippen LogP contribution in [0.1, 0.15) is 45.5 Å². The predicted molar refractivity (Wildman–Crippen MR) is 173 cm³/mol. The van der Waals surface area contributed by atoms with E-state index in [1.807, 2.05) is 18.2 Å². The Morgan fingerprint density at radius 1 is 0.667 bits per heavy atom. The summed E-state index contributed by atoms with van der Waals surface area (Å²) in [6.07, 6.45) is 2.61. The lowest BCUT2D eigenvalue weighted by atomic mass is 9.86. The van der Waals surface area contributed by atoms with E-state index in [9.17, 15) is 0 Å². The van der Waals surface area contributed by atoms with Crippen LogP contribution in [0.25, 0.3) is 0 Å². The first-order valence-electron chi connectivity index (χ1n) is 15.4. The van der Waals surface area contributed by atoms with Gasteiger partial charge in [-0.2, -0.15) is 0 Å². The lowest BCUT2D eigenvalue weighted by molar-refractivity contribution is 0.228. The lowest BCUT2D eigenvalue weighted by Gasteiger charge is -2.37. The van der Waals surface area contributed by atoms with Crippen LogP contribution in [0.4, 0.5) is 0 Å². The van der Waals surface area contributed by atoms with Crippen LogP contribution < -0.4 is 28.4 Å². The number of fused-ring (bicyclic) bond motifs is 1. The quantitative estimate of drug-likeness (QED) is 0.246. The average Bonchev–Trinajstić information content (AvgIpc) is 3.06. The second-order valence-electron chi connectivity index (χ2n) is 12.1. The highest BCUT2D eigenvalue weighted by Crippen LogP contribution is 2.53. The van der Waals surface area contributed by atoms with Crippen molar-refractivity contribution in [3.05, 3.63) is 94.0 Å². The van der Waals surface area contributed by atoms with Crippen molar-refractivity contribution in [2.75, 3.05) is 55.6 Å². The van der Waals surface area contributed by atoms with E-state index in [1.165, 1.54) is 16.7 Å². The molecule has 4 aromatic rings. The number of rotatable bonds is 4. The molecule has 5 aliphatic rings. The van der Waals surface area contributed by atoms with E-state index in [1.54, 1.807) is 28.4 Å². The molecule has 0 saturated carbocycles. The standard InChI is InChI=1S/C37H40N2O6/c1-38-15-13-23-18-32-30(41-4)21-27(23)28(38)17-22-7-10-26(11-8-22)44-31-20-25(9-12-29(31)40-3)35-34-24(14-16-39(35)2)19-33(42-5)36(43-6)37(34)45-32/h7-12,18-21,28,35H,13-17H2,1-6H3. The molecule has 0 aliphatic carbocycles. The maximum absolute atomic E-state index is 6.98. The average molecular weight is 609 g/mol. The molecule has 0 radical (unpaired) electrons. The molecule has 45 heavy (non-hydrogen) atoms. The van der Waals surface area contributed by atoms with Crippen LogP contribution in [0.2, 0.25) is 0 Å². The third kappa shape index (κ3) is 5.12. The highest BCUT2D eigenvalue weighted by atomic mass is 16.5. The summed E-state index contributed by atoms with van der Waals surface area (Å²) in [5, 5.41) is 0. The zero-order valence-corrected chi connectivity index (χ0v) is 26.8. The second kappa shape index (κ2) is 11.8. The smallest absolute Gasteiger partial charge is 0.204 e.